The summed E-state index contributed by atoms with van der Waals surface area (Å²) in [4.78, 5) is 26.2. The van der Waals surface area contributed by atoms with Gasteiger partial charge in [-0.15, -0.1) is 0 Å². The summed E-state index contributed by atoms with van der Waals surface area (Å²) in [6.07, 6.45) is 5.16. The SMILES string of the molecule is CC1(C)CNc2ncc(-c3ccnc(Nc4ccc(C(=O)NC5CCOCC5)cc4Cl)n3)cc21. The van der Waals surface area contributed by atoms with Gasteiger partial charge in [0.1, 0.15) is 5.82 Å². The molecule has 1 aromatic carbocycles. The number of halogens is 1. The van der Waals surface area contributed by atoms with E-state index in [2.05, 4.69) is 50.8 Å². The van der Waals surface area contributed by atoms with Crippen molar-refractivity contribution in [2.45, 2.75) is 38.1 Å². The molecule has 0 saturated carbocycles. The van der Waals surface area contributed by atoms with E-state index in [9.17, 15) is 4.79 Å². The zero-order valence-corrected chi connectivity index (χ0v) is 19.9. The van der Waals surface area contributed by atoms with Gasteiger partial charge in [-0.2, -0.15) is 0 Å². The van der Waals surface area contributed by atoms with Crippen molar-refractivity contribution in [2.24, 2.45) is 0 Å². The molecule has 8 nitrogen and oxygen atoms in total. The van der Waals surface area contributed by atoms with Crippen molar-refractivity contribution in [1.29, 1.82) is 0 Å². The molecule has 0 bridgehead atoms. The van der Waals surface area contributed by atoms with Gasteiger partial charge in [0, 0.05) is 60.3 Å². The number of anilines is 3. The number of amides is 1. The van der Waals surface area contributed by atoms with E-state index in [1.54, 1.807) is 24.4 Å². The van der Waals surface area contributed by atoms with Gasteiger partial charge < -0.3 is 20.7 Å². The number of aromatic nitrogens is 3. The van der Waals surface area contributed by atoms with Crippen LogP contribution in [0.5, 0.6) is 0 Å². The minimum absolute atomic E-state index is 0.0127. The van der Waals surface area contributed by atoms with Crippen LogP contribution in [0.15, 0.2) is 42.7 Å². The molecule has 2 aliphatic rings. The summed E-state index contributed by atoms with van der Waals surface area (Å²) in [7, 11) is 0. The van der Waals surface area contributed by atoms with Crippen molar-refractivity contribution in [3.63, 3.8) is 0 Å². The van der Waals surface area contributed by atoms with Crippen molar-refractivity contribution in [3.8, 4) is 11.3 Å². The predicted molar refractivity (Wildman–Crippen MR) is 133 cm³/mol. The molecular formula is C25H27ClN6O2. The van der Waals surface area contributed by atoms with Crippen LogP contribution in [0.25, 0.3) is 11.3 Å². The molecule has 34 heavy (non-hydrogen) atoms. The zero-order chi connectivity index (χ0) is 23.7. The minimum Gasteiger partial charge on any atom is -0.381 e. The first kappa shape index (κ1) is 22.6. The summed E-state index contributed by atoms with van der Waals surface area (Å²) in [5, 5.41) is 9.98. The van der Waals surface area contributed by atoms with Gasteiger partial charge in [0.2, 0.25) is 5.95 Å². The van der Waals surface area contributed by atoms with Gasteiger partial charge in [-0.25, -0.2) is 15.0 Å². The summed E-state index contributed by atoms with van der Waals surface area (Å²) in [5.41, 5.74) is 4.01. The molecule has 1 saturated heterocycles. The van der Waals surface area contributed by atoms with Crippen LogP contribution in [0.4, 0.5) is 17.5 Å². The maximum atomic E-state index is 12.6. The first-order valence-electron chi connectivity index (χ1n) is 11.4. The molecule has 1 amide bonds. The maximum Gasteiger partial charge on any atom is 0.251 e. The summed E-state index contributed by atoms with van der Waals surface area (Å²) in [6, 6.07) is 9.28. The largest absolute Gasteiger partial charge is 0.381 e. The Bertz CT molecular complexity index is 1230. The van der Waals surface area contributed by atoms with Crippen LogP contribution >= 0.6 is 11.6 Å². The maximum absolute atomic E-state index is 12.6. The number of pyridine rings is 1. The van der Waals surface area contributed by atoms with Crippen LogP contribution in [0.1, 0.15) is 42.6 Å². The Hall–Kier alpha value is -3.23. The van der Waals surface area contributed by atoms with Crippen LogP contribution < -0.4 is 16.0 Å². The molecule has 176 valence electrons. The normalized spacial score (nSPS) is 17.0. The van der Waals surface area contributed by atoms with E-state index < -0.39 is 0 Å². The second kappa shape index (κ2) is 9.19. The third kappa shape index (κ3) is 4.69. The van der Waals surface area contributed by atoms with Gasteiger partial charge in [-0.1, -0.05) is 25.4 Å². The van der Waals surface area contributed by atoms with Crippen LogP contribution in [0.3, 0.4) is 0 Å². The first-order chi connectivity index (χ1) is 16.4. The smallest absolute Gasteiger partial charge is 0.251 e. The molecule has 1 fully saturated rings. The highest BCUT2D eigenvalue weighted by molar-refractivity contribution is 6.33. The Balaban J connectivity index is 1.32. The van der Waals surface area contributed by atoms with Crippen molar-refractivity contribution in [3.05, 3.63) is 58.9 Å². The van der Waals surface area contributed by atoms with E-state index in [-0.39, 0.29) is 17.4 Å². The lowest BCUT2D eigenvalue weighted by molar-refractivity contribution is 0.0696. The molecule has 0 unspecified atom stereocenters. The average Bonchev–Trinajstić information content (AvgIpc) is 3.15. The second-order valence-corrected chi connectivity index (χ2v) is 9.71. The minimum atomic E-state index is -0.139. The fourth-order valence-electron chi connectivity index (χ4n) is 4.23. The number of fused-ring (bicyclic) bond motifs is 1. The van der Waals surface area contributed by atoms with Crippen molar-refractivity contribution >= 4 is 35.0 Å². The Morgan fingerprint density at radius 1 is 1.18 bits per heavy atom. The van der Waals surface area contributed by atoms with E-state index in [0.717, 1.165) is 36.5 Å². The molecule has 0 aliphatic carbocycles. The summed E-state index contributed by atoms with van der Waals surface area (Å²) in [5.74, 6) is 1.20. The molecule has 3 aromatic rings. The molecule has 2 aliphatic heterocycles. The number of carbonyl (C=O) groups is 1. The van der Waals surface area contributed by atoms with Gasteiger partial charge in [0.25, 0.3) is 5.91 Å². The Labute approximate surface area is 203 Å². The summed E-state index contributed by atoms with van der Waals surface area (Å²) < 4.78 is 5.34. The van der Waals surface area contributed by atoms with Gasteiger partial charge in [-0.3, -0.25) is 4.79 Å². The number of carbonyl (C=O) groups excluding carboxylic acids is 1. The fourth-order valence-corrected chi connectivity index (χ4v) is 4.46. The zero-order valence-electron chi connectivity index (χ0n) is 19.2. The number of ether oxygens (including phenoxy) is 1. The van der Waals surface area contributed by atoms with Crippen LogP contribution in [-0.2, 0) is 10.2 Å². The lowest BCUT2D eigenvalue weighted by Crippen LogP contribution is -2.38. The van der Waals surface area contributed by atoms with E-state index in [0.29, 0.717) is 35.4 Å². The molecule has 2 aromatic heterocycles. The number of hydrogen-bond acceptors (Lipinski definition) is 7. The molecule has 5 rings (SSSR count). The van der Waals surface area contributed by atoms with Crippen molar-refractivity contribution in [1.82, 2.24) is 20.3 Å². The number of nitrogens with one attached hydrogen (secondary N) is 3. The summed E-state index contributed by atoms with van der Waals surface area (Å²) >= 11 is 6.48. The topological polar surface area (TPSA) is 101 Å². The quantitative estimate of drug-likeness (QED) is 0.494. The molecule has 0 radical (unpaired) electrons. The van der Waals surface area contributed by atoms with Crippen LogP contribution in [0.2, 0.25) is 5.02 Å². The lowest BCUT2D eigenvalue weighted by Gasteiger charge is -2.23. The molecule has 0 atom stereocenters. The standard InChI is InChI=1S/C25H27ClN6O2/c1-25(2)14-29-22-18(25)11-16(13-28-22)20-5-8-27-24(31-20)32-21-4-3-15(12-19(21)26)23(33)30-17-6-9-34-10-7-17/h3-5,8,11-13,17H,6-7,9-10,14H2,1-2H3,(H,28,29)(H,30,33)(H,27,31,32). The van der Waals surface area contributed by atoms with Gasteiger partial charge in [0.15, 0.2) is 0 Å². The second-order valence-electron chi connectivity index (χ2n) is 9.30. The third-order valence-corrected chi connectivity index (χ3v) is 6.61. The van der Waals surface area contributed by atoms with Crippen LogP contribution in [-0.4, -0.2) is 46.7 Å². The van der Waals surface area contributed by atoms with Crippen molar-refractivity contribution in [2.75, 3.05) is 30.4 Å². The van der Waals surface area contributed by atoms with Crippen LogP contribution in [0, 0.1) is 0 Å². The van der Waals surface area contributed by atoms with E-state index in [1.807, 2.05) is 12.3 Å². The van der Waals surface area contributed by atoms with E-state index in [1.165, 1.54) is 5.56 Å². The molecule has 4 heterocycles. The number of benzene rings is 1. The third-order valence-electron chi connectivity index (χ3n) is 6.30. The Morgan fingerprint density at radius 2 is 2.00 bits per heavy atom. The number of nitrogens with zero attached hydrogens (tertiary/aromatic N) is 3. The van der Waals surface area contributed by atoms with E-state index in [4.69, 9.17) is 16.3 Å². The van der Waals surface area contributed by atoms with Gasteiger partial charge >= 0.3 is 0 Å². The van der Waals surface area contributed by atoms with Crippen molar-refractivity contribution < 1.29 is 9.53 Å². The highest BCUT2D eigenvalue weighted by atomic mass is 35.5. The van der Waals surface area contributed by atoms with Gasteiger partial charge in [0.05, 0.1) is 16.4 Å². The first-order valence-corrected chi connectivity index (χ1v) is 11.8. The fraction of sp³-hybridized carbons (Fsp3) is 0.360. The molecule has 0 spiro atoms. The average molecular weight is 479 g/mol. The highest BCUT2D eigenvalue weighted by Gasteiger charge is 2.31. The molecule has 3 N–H and O–H groups in total. The monoisotopic (exact) mass is 478 g/mol. The summed E-state index contributed by atoms with van der Waals surface area (Å²) in [6.45, 7) is 6.59. The highest BCUT2D eigenvalue weighted by Crippen LogP contribution is 2.37. The lowest BCUT2D eigenvalue weighted by atomic mass is 9.87. The predicted octanol–water partition coefficient (Wildman–Crippen LogP) is 4.55. The molecule has 9 heteroatoms. The van der Waals surface area contributed by atoms with Gasteiger partial charge in [-0.05, 0) is 43.2 Å². The molecular weight excluding hydrogens is 452 g/mol. The number of hydrogen-bond donors (Lipinski definition) is 3. The Morgan fingerprint density at radius 3 is 2.79 bits per heavy atom. The Kier molecular flexibility index (Phi) is 6.10. The van der Waals surface area contributed by atoms with E-state index >= 15 is 0 Å². The number of rotatable bonds is 5.